The molecule has 1 aliphatic rings. The van der Waals surface area contributed by atoms with Crippen LogP contribution >= 0.6 is 0 Å². The molecule has 0 N–H and O–H groups in total. The van der Waals surface area contributed by atoms with Crippen LogP contribution in [0.2, 0.25) is 0 Å². The summed E-state index contributed by atoms with van der Waals surface area (Å²) in [4.78, 5) is 0. The highest BCUT2D eigenvalue weighted by Crippen LogP contribution is 2.16. The van der Waals surface area contributed by atoms with E-state index in [1.807, 2.05) is 18.2 Å². The highest BCUT2D eigenvalue weighted by atomic mass is 16.5. The zero-order valence-corrected chi connectivity index (χ0v) is 9.73. The first-order valence-corrected chi connectivity index (χ1v) is 5.91. The average molecular weight is 214 g/mol. The van der Waals surface area contributed by atoms with Crippen LogP contribution in [0.5, 0.6) is 0 Å². The summed E-state index contributed by atoms with van der Waals surface area (Å²) < 4.78 is 5.83. The smallest absolute Gasteiger partial charge is 0.0798 e. The van der Waals surface area contributed by atoms with Gasteiger partial charge in [-0.2, -0.15) is 0 Å². The normalized spacial score (nSPS) is 19.6. The van der Waals surface area contributed by atoms with Crippen molar-refractivity contribution in [2.24, 2.45) is 0 Å². The summed E-state index contributed by atoms with van der Waals surface area (Å²) in [6, 6.07) is 10.3. The van der Waals surface area contributed by atoms with Crippen molar-refractivity contribution >= 4 is 0 Å². The van der Waals surface area contributed by atoms with Gasteiger partial charge in [0.2, 0.25) is 0 Å². The van der Waals surface area contributed by atoms with Gasteiger partial charge in [-0.25, -0.2) is 0 Å². The first kappa shape index (κ1) is 11.2. The molecule has 1 nitrogen and oxygen atoms in total. The Kier molecular flexibility index (Phi) is 3.95. The van der Waals surface area contributed by atoms with Gasteiger partial charge in [-0.3, -0.25) is 0 Å². The highest BCUT2D eigenvalue weighted by molar-refractivity contribution is 5.24. The van der Waals surface area contributed by atoms with Crippen molar-refractivity contribution in [1.29, 1.82) is 0 Å². The Morgan fingerprint density at radius 3 is 2.69 bits per heavy atom. The van der Waals surface area contributed by atoms with Gasteiger partial charge < -0.3 is 4.74 Å². The fraction of sp³-hybridized carbons (Fsp3) is 0.333. The Bertz CT molecular complexity index is 376. The first-order valence-electron chi connectivity index (χ1n) is 5.91. The van der Waals surface area contributed by atoms with E-state index in [0.29, 0.717) is 6.61 Å². The summed E-state index contributed by atoms with van der Waals surface area (Å²) in [7, 11) is 0. The second-order valence-corrected chi connectivity index (χ2v) is 4.06. The van der Waals surface area contributed by atoms with E-state index in [1.165, 1.54) is 11.1 Å². The number of rotatable bonds is 4. The molecule has 0 aliphatic heterocycles. The second kappa shape index (κ2) is 5.66. The van der Waals surface area contributed by atoms with Gasteiger partial charge in [0, 0.05) is 0 Å². The van der Waals surface area contributed by atoms with E-state index >= 15 is 0 Å². The van der Waals surface area contributed by atoms with Crippen LogP contribution < -0.4 is 0 Å². The van der Waals surface area contributed by atoms with Gasteiger partial charge in [-0.1, -0.05) is 61.1 Å². The maximum Gasteiger partial charge on any atom is 0.0798 e. The predicted octanol–water partition coefficient (Wildman–Crippen LogP) is 3.87. The van der Waals surface area contributed by atoms with Crippen molar-refractivity contribution in [3.8, 4) is 0 Å². The monoisotopic (exact) mass is 214 g/mol. The van der Waals surface area contributed by atoms with Crippen LogP contribution in [0.3, 0.4) is 0 Å². The van der Waals surface area contributed by atoms with Crippen molar-refractivity contribution in [2.75, 3.05) is 0 Å². The van der Waals surface area contributed by atoms with E-state index in [4.69, 9.17) is 4.74 Å². The third-order valence-electron chi connectivity index (χ3n) is 2.85. The maximum absolute atomic E-state index is 5.83. The molecule has 0 fully saturated rings. The molecule has 0 bridgehead atoms. The Balaban J connectivity index is 1.81. The summed E-state index contributed by atoms with van der Waals surface area (Å²) in [6.45, 7) is 2.88. The van der Waals surface area contributed by atoms with Gasteiger partial charge in [0.05, 0.1) is 12.7 Å². The number of allylic oxidation sites excluding steroid dienone is 2. The van der Waals surface area contributed by atoms with Crippen molar-refractivity contribution in [3.63, 3.8) is 0 Å². The molecule has 1 aliphatic carbocycles. The molecule has 1 aromatic rings. The molecule has 0 aromatic heterocycles. The third-order valence-corrected chi connectivity index (χ3v) is 2.85. The lowest BCUT2D eigenvalue weighted by molar-refractivity contribution is 0.0730. The molecule has 2 rings (SSSR count). The lowest BCUT2D eigenvalue weighted by atomic mass is 10.0. The summed E-state index contributed by atoms with van der Waals surface area (Å²) in [5.41, 5.74) is 2.65. The van der Waals surface area contributed by atoms with E-state index in [9.17, 15) is 0 Å². The Hall–Kier alpha value is -1.34. The molecular weight excluding hydrogens is 196 g/mol. The Morgan fingerprint density at radius 1 is 1.25 bits per heavy atom. The van der Waals surface area contributed by atoms with Crippen LogP contribution in [0.25, 0.3) is 0 Å². The van der Waals surface area contributed by atoms with Gasteiger partial charge in [-0.05, 0) is 18.4 Å². The Labute approximate surface area is 97.4 Å². The maximum atomic E-state index is 5.83. The molecule has 0 amide bonds. The minimum Gasteiger partial charge on any atom is -0.369 e. The second-order valence-electron chi connectivity index (χ2n) is 4.06. The van der Waals surface area contributed by atoms with Crippen LogP contribution in [0.15, 0.2) is 54.1 Å². The number of hydrogen-bond acceptors (Lipinski definition) is 1. The van der Waals surface area contributed by atoms with E-state index < -0.39 is 0 Å². The van der Waals surface area contributed by atoms with E-state index in [0.717, 1.165) is 12.8 Å². The summed E-state index contributed by atoms with van der Waals surface area (Å²) in [5.74, 6) is 0. The minimum atomic E-state index is 0.246. The quantitative estimate of drug-likeness (QED) is 0.739. The van der Waals surface area contributed by atoms with Crippen LogP contribution in [0, 0.1) is 0 Å². The number of benzene rings is 1. The molecule has 0 saturated carbocycles. The predicted molar refractivity (Wildman–Crippen MR) is 67.2 cm³/mol. The topological polar surface area (TPSA) is 9.23 Å². The molecule has 0 heterocycles. The lowest BCUT2D eigenvalue weighted by Gasteiger charge is -2.16. The molecule has 0 saturated heterocycles. The largest absolute Gasteiger partial charge is 0.369 e. The van der Waals surface area contributed by atoms with E-state index in [2.05, 4.69) is 37.3 Å². The van der Waals surface area contributed by atoms with Gasteiger partial charge >= 0.3 is 0 Å². The summed E-state index contributed by atoms with van der Waals surface area (Å²) >= 11 is 0. The van der Waals surface area contributed by atoms with Crippen molar-refractivity contribution < 1.29 is 4.74 Å². The molecular formula is C15H18O. The molecule has 0 radical (unpaired) electrons. The molecule has 16 heavy (non-hydrogen) atoms. The average Bonchev–Trinajstić information content (AvgIpc) is 2.38. The van der Waals surface area contributed by atoms with Crippen molar-refractivity contribution in [2.45, 2.75) is 32.5 Å². The van der Waals surface area contributed by atoms with Gasteiger partial charge in [0.15, 0.2) is 0 Å². The van der Waals surface area contributed by atoms with Crippen LogP contribution in [-0.4, -0.2) is 6.10 Å². The van der Waals surface area contributed by atoms with E-state index in [1.54, 1.807) is 0 Å². The van der Waals surface area contributed by atoms with Crippen LogP contribution in [-0.2, 0) is 11.3 Å². The lowest BCUT2D eigenvalue weighted by Crippen LogP contribution is -2.11. The van der Waals surface area contributed by atoms with Crippen molar-refractivity contribution in [3.05, 3.63) is 59.7 Å². The molecule has 84 valence electrons. The van der Waals surface area contributed by atoms with Crippen LogP contribution in [0.4, 0.5) is 0 Å². The molecule has 1 heteroatoms. The fourth-order valence-electron chi connectivity index (χ4n) is 1.81. The summed E-state index contributed by atoms with van der Waals surface area (Å²) in [5, 5.41) is 0. The standard InChI is InChI=1S/C15H18O/c1-2-13-8-10-15(11-9-13)16-12-14-6-4-3-5-7-14/h3-10,15H,2,11-12H2,1H3. The minimum absolute atomic E-state index is 0.246. The zero-order chi connectivity index (χ0) is 11.2. The first-order chi connectivity index (χ1) is 7.88. The zero-order valence-electron chi connectivity index (χ0n) is 9.73. The Morgan fingerprint density at radius 2 is 2.06 bits per heavy atom. The number of ether oxygens (including phenoxy) is 1. The van der Waals surface area contributed by atoms with Gasteiger partial charge in [-0.15, -0.1) is 0 Å². The summed E-state index contributed by atoms with van der Waals surface area (Å²) in [6.07, 6.45) is 8.99. The SMILES string of the molecule is CCC1=CCC(OCc2ccccc2)C=C1. The van der Waals surface area contributed by atoms with Gasteiger partial charge in [0.25, 0.3) is 0 Å². The number of hydrogen-bond donors (Lipinski definition) is 0. The van der Waals surface area contributed by atoms with E-state index in [-0.39, 0.29) is 6.10 Å². The fourth-order valence-corrected chi connectivity index (χ4v) is 1.81. The molecule has 0 spiro atoms. The molecule has 1 aromatic carbocycles. The molecule has 1 atom stereocenters. The van der Waals surface area contributed by atoms with Crippen molar-refractivity contribution in [1.82, 2.24) is 0 Å². The molecule has 1 unspecified atom stereocenters. The third kappa shape index (κ3) is 3.07. The van der Waals surface area contributed by atoms with Gasteiger partial charge in [0.1, 0.15) is 0 Å². The van der Waals surface area contributed by atoms with Crippen LogP contribution in [0.1, 0.15) is 25.3 Å². The highest BCUT2D eigenvalue weighted by Gasteiger charge is 2.08.